The molecule has 0 saturated heterocycles. The zero-order chi connectivity index (χ0) is 12.3. The lowest BCUT2D eigenvalue weighted by atomic mass is 9.89. The minimum Gasteiger partial charge on any atom is -0.338 e. The summed E-state index contributed by atoms with van der Waals surface area (Å²) >= 11 is 0. The van der Waals surface area contributed by atoms with E-state index in [9.17, 15) is 0 Å². The van der Waals surface area contributed by atoms with Crippen molar-refractivity contribution in [1.82, 2.24) is 15.1 Å². The van der Waals surface area contributed by atoms with Crippen LogP contribution in [-0.4, -0.2) is 21.7 Å². The van der Waals surface area contributed by atoms with Crippen molar-refractivity contribution < 1.29 is 4.52 Å². The summed E-state index contributed by atoms with van der Waals surface area (Å²) in [4.78, 5) is 8.56. The van der Waals surface area contributed by atoms with Gasteiger partial charge in [0, 0.05) is 11.6 Å². The van der Waals surface area contributed by atoms with Crippen LogP contribution in [0.4, 0.5) is 0 Å². The molecule has 0 radical (unpaired) electrons. The summed E-state index contributed by atoms with van der Waals surface area (Å²) in [6.07, 6.45) is 2.51. The zero-order valence-corrected chi connectivity index (χ0v) is 10.1. The Bertz CT molecular complexity index is 478. The number of aromatic nitrogens is 3. The SMILES string of the molecule is CC(C)(CCN)c1nc(-c2ccccn2)no1. The van der Waals surface area contributed by atoms with E-state index in [2.05, 4.69) is 15.1 Å². The molecule has 0 atom stereocenters. The fraction of sp³-hybridized carbons (Fsp3) is 0.417. The number of nitrogens with two attached hydrogens (primary N) is 1. The summed E-state index contributed by atoms with van der Waals surface area (Å²) in [5.74, 6) is 1.12. The van der Waals surface area contributed by atoms with Gasteiger partial charge in [0.15, 0.2) is 0 Å². The van der Waals surface area contributed by atoms with Crippen LogP contribution in [-0.2, 0) is 5.41 Å². The molecule has 2 aromatic rings. The lowest BCUT2D eigenvalue weighted by Gasteiger charge is -2.17. The highest BCUT2D eigenvalue weighted by molar-refractivity contribution is 5.47. The Kier molecular flexibility index (Phi) is 3.19. The zero-order valence-electron chi connectivity index (χ0n) is 10.1. The van der Waals surface area contributed by atoms with Gasteiger partial charge in [-0.2, -0.15) is 4.98 Å². The van der Waals surface area contributed by atoms with E-state index >= 15 is 0 Å². The van der Waals surface area contributed by atoms with E-state index < -0.39 is 0 Å². The van der Waals surface area contributed by atoms with Crippen molar-refractivity contribution in [2.75, 3.05) is 6.54 Å². The number of hydrogen-bond donors (Lipinski definition) is 1. The topological polar surface area (TPSA) is 77.8 Å². The minimum atomic E-state index is -0.200. The smallest absolute Gasteiger partial charge is 0.232 e. The van der Waals surface area contributed by atoms with Gasteiger partial charge in [0.1, 0.15) is 5.69 Å². The molecule has 17 heavy (non-hydrogen) atoms. The molecule has 2 N–H and O–H groups in total. The lowest BCUT2D eigenvalue weighted by Crippen LogP contribution is -2.22. The molecule has 0 aliphatic heterocycles. The van der Waals surface area contributed by atoms with E-state index in [1.165, 1.54) is 0 Å². The first-order valence-corrected chi connectivity index (χ1v) is 5.59. The molecular formula is C12H16N4O. The average molecular weight is 232 g/mol. The fourth-order valence-electron chi connectivity index (χ4n) is 1.57. The van der Waals surface area contributed by atoms with Gasteiger partial charge < -0.3 is 10.3 Å². The second kappa shape index (κ2) is 4.63. The van der Waals surface area contributed by atoms with Crippen molar-refractivity contribution in [2.45, 2.75) is 25.7 Å². The molecule has 0 aromatic carbocycles. The Hall–Kier alpha value is -1.75. The molecule has 0 saturated carbocycles. The molecule has 0 aliphatic rings. The first kappa shape index (κ1) is 11.7. The Morgan fingerprint density at radius 2 is 2.18 bits per heavy atom. The molecule has 2 heterocycles. The van der Waals surface area contributed by atoms with Crippen LogP contribution in [0.2, 0.25) is 0 Å². The van der Waals surface area contributed by atoms with Gasteiger partial charge in [-0.15, -0.1) is 0 Å². The van der Waals surface area contributed by atoms with Crippen molar-refractivity contribution in [3.05, 3.63) is 30.3 Å². The van der Waals surface area contributed by atoms with Crippen LogP contribution in [0.5, 0.6) is 0 Å². The fourth-order valence-corrected chi connectivity index (χ4v) is 1.57. The maximum absolute atomic E-state index is 5.57. The third kappa shape index (κ3) is 2.50. The van der Waals surface area contributed by atoms with Crippen LogP contribution in [0, 0.1) is 0 Å². The molecular weight excluding hydrogens is 216 g/mol. The monoisotopic (exact) mass is 232 g/mol. The normalized spacial score (nSPS) is 11.7. The van der Waals surface area contributed by atoms with Crippen LogP contribution in [0.15, 0.2) is 28.9 Å². The van der Waals surface area contributed by atoms with Gasteiger partial charge in [0.25, 0.3) is 0 Å². The highest BCUT2D eigenvalue weighted by atomic mass is 16.5. The molecule has 2 aromatic heterocycles. The van der Waals surface area contributed by atoms with Gasteiger partial charge in [-0.05, 0) is 25.1 Å². The number of rotatable bonds is 4. The summed E-state index contributed by atoms with van der Waals surface area (Å²) in [5, 5.41) is 3.95. The summed E-state index contributed by atoms with van der Waals surface area (Å²) in [7, 11) is 0. The molecule has 5 nitrogen and oxygen atoms in total. The Balaban J connectivity index is 2.28. The van der Waals surface area contributed by atoms with E-state index in [1.807, 2.05) is 32.0 Å². The molecule has 5 heteroatoms. The van der Waals surface area contributed by atoms with Crippen LogP contribution in [0.1, 0.15) is 26.2 Å². The van der Waals surface area contributed by atoms with Crippen LogP contribution in [0.3, 0.4) is 0 Å². The molecule has 0 fully saturated rings. The van der Waals surface area contributed by atoms with E-state index in [0.29, 0.717) is 24.0 Å². The quantitative estimate of drug-likeness (QED) is 0.869. The van der Waals surface area contributed by atoms with Gasteiger partial charge in [0.05, 0.1) is 0 Å². The predicted octanol–water partition coefficient (Wildman–Crippen LogP) is 1.76. The number of pyridine rings is 1. The molecule has 0 spiro atoms. The van der Waals surface area contributed by atoms with Crippen LogP contribution in [0.25, 0.3) is 11.5 Å². The minimum absolute atomic E-state index is 0.200. The van der Waals surface area contributed by atoms with Crippen LogP contribution < -0.4 is 5.73 Å². The lowest BCUT2D eigenvalue weighted by molar-refractivity contribution is 0.298. The van der Waals surface area contributed by atoms with E-state index in [0.717, 1.165) is 6.42 Å². The van der Waals surface area contributed by atoms with Crippen molar-refractivity contribution in [3.63, 3.8) is 0 Å². The van der Waals surface area contributed by atoms with E-state index in [1.54, 1.807) is 6.20 Å². The molecule has 0 bridgehead atoms. The Morgan fingerprint density at radius 3 is 2.82 bits per heavy atom. The maximum Gasteiger partial charge on any atom is 0.232 e. The molecule has 0 aliphatic carbocycles. The molecule has 2 rings (SSSR count). The van der Waals surface area contributed by atoms with Crippen molar-refractivity contribution in [1.29, 1.82) is 0 Å². The largest absolute Gasteiger partial charge is 0.338 e. The predicted molar refractivity (Wildman–Crippen MR) is 64.2 cm³/mol. The summed E-state index contributed by atoms with van der Waals surface area (Å²) in [5.41, 5.74) is 6.08. The van der Waals surface area contributed by atoms with Crippen LogP contribution >= 0.6 is 0 Å². The molecule has 0 unspecified atom stereocenters. The molecule has 90 valence electrons. The van der Waals surface area contributed by atoms with E-state index in [4.69, 9.17) is 10.3 Å². The summed E-state index contributed by atoms with van der Waals surface area (Å²) < 4.78 is 5.28. The van der Waals surface area contributed by atoms with Gasteiger partial charge >= 0.3 is 0 Å². The van der Waals surface area contributed by atoms with Gasteiger partial charge in [-0.3, -0.25) is 4.98 Å². The second-order valence-electron chi connectivity index (χ2n) is 4.56. The third-order valence-electron chi connectivity index (χ3n) is 2.67. The van der Waals surface area contributed by atoms with Gasteiger partial charge in [0.2, 0.25) is 11.7 Å². The first-order chi connectivity index (χ1) is 8.13. The van der Waals surface area contributed by atoms with E-state index in [-0.39, 0.29) is 5.41 Å². The van der Waals surface area contributed by atoms with Crippen molar-refractivity contribution >= 4 is 0 Å². The van der Waals surface area contributed by atoms with Crippen molar-refractivity contribution in [2.24, 2.45) is 5.73 Å². The first-order valence-electron chi connectivity index (χ1n) is 5.59. The average Bonchev–Trinajstić information content (AvgIpc) is 2.80. The van der Waals surface area contributed by atoms with Gasteiger partial charge in [-0.1, -0.05) is 25.1 Å². The number of nitrogens with zero attached hydrogens (tertiary/aromatic N) is 3. The van der Waals surface area contributed by atoms with Crippen molar-refractivity contribution in [3.8, 4) is 11.5 Å². The summed E-state index contributed by atoms with van der Waals surface area (Å²) in [6, 6.07) is 5.59. The highest BCUT2D eigenvalue weighted by Crippen LogP contribution is 2.26. The Morgan fingerprint density at radius 1 is 1.35 bits per heavy atom. The summed E-state index contributed by atoms with van der Waals surface area (Å²) in [6.45, 7) is 4.67. The third-order valence-corrected chi connectivity index (χ3v) is 2.67. The highest BCUT2D eigenvalue weighted by Gasteiger charge is 2.27. The van der Waals surface area contributed by atoms with Gasteiger partial charge in [-0.25, -0.2) is 0 Å². The number of hydrogen-bond acceptors (Lipinski definition) is 5. The second-order valence-corrected chi connectivity index (χ2v) is 4.56. The standard InChI is InChI=1S/C12H16N4O/c1-12(2,6-7-13)11-15-10(16-17-11)9-5-3-4-8-14-9/h3-5,8H,6-7,13H2,1-2H3. The molecule has 0 amide bonds. The maximum atomic E-state index is 5.57. The Labute approximate surface area is 100 Å².